The monoisotopic (exact) mass is 272 g/mol. The number of H-pyrrole nitrogens is 1. The van der Waals surface area contributed by atoms with Gasteiger partial charge in [-0.05, 0) is 25.3 Å². The fourth-order valence-electron chi connectivity index (χ4n) is 2.54. The minimum atomic E-state index is 0.136. The molecule has 1 aromatic carbocycles. The van der Waals surface area contributed by atoms with Crippen molar-refractivity contribution in [3.05, 3.63) is 45.7 Å². The van der Waals surface area contributed by atoms with Crippen LogP contribution < -0.4 is 5.56 Å². The van der Waals surface area contributed by atoms with Crippen molar-refractivity contribution >= 4 is 0 Å². The van der Waals surface area contributed by atoms with Crippen LogP contribution in [-0.4, -0.2) is 9.78 Å². The highest BCUT2D eigenvalue weighted by molar-refractivity contribution is 5.63. The number of aryl methyl sites for hydroxylation is 1. The standard InChI is InChI=1S/C17H24N2O/c1-5-7-15-16(14-9-6-8-13(4)10-14)18-19(17(15)20)11-12(2)3/h6,8-10,12,18H,5,7,11H2,1-4H3. The second kappa shape index (κ2) is 6.12. The molecule has 1 N–H and O–H groups in total. The Morgan fingerprint density at radius 3 is 2.65 bits per heavy atom. The van der Waals surface area contributed by atoms with Gasteiger partial charge in [-0.15, -0.1) is 0 Å². The van der Waals surface area contributed by atoms with Gasteiger partial charge in [0.1, 0.15) is 0 Å². The van der Waals surface area contributed by atoms with Crippen LogP contribution in [0.3, 0.4) is 0 Å². The minimum absolute atomic E-state index is 0.136. The van der Waals surface area contributed by atoms with Crippen LogP contribution in [0.15, 0.2) is 29.1 Å². The van der Waals surface area contributed by atoms with Crippen molar-refractivity contribution in [3.63, 3.8) is 0 Å². The molecule has 0 fully saturated rings. The van der Waals surface area contributed by atoms with E-state index in [9.17, 15) is 4.79 Å². The molecule has 0 saturated carbocycles. The second-order valence-corrected chi connectivity index (χ2v) is 5.89. The fourth-order valence-corrected chi connectivity index (χ4v) is 2.54. The molecule has 0 atom stereocenters. The molecule has 1 heterocycles. The molecule has 108 valence electrons. The van der Waals surface area contributed by atoms with E-state index >= 15 is 0 Å². The fraction of sp³-hybridized carbons (Fsp3) is 0.471. The minimum Gasteiger partial charge on any atom is -0.295 e. The van der Waals surface area contributed by atoms with Gasteiger partial charge < -0.3 is 0 Å². The van der Waals surface area contributed by atoms with Gasteiger partial charge in [-0.25, -0.2) is 0 Å². The maximum Gasteiger partial charge on any atom is 0.270 e. The zero-order valence-electron chi connectivity index (χ0n) is 12.9. The molecule has 0 aliphatic heterocycles. The van der Waals surface area contributed by atoms with Gasteiger partial charge in [0.25, 0.3) is 5.56 Å². The highest BCUT2D eigenvalue weighted by Gasteiger charge is 2.15. The summed E-state index contributed by atoms with van der Waals surface area (Å²) in [6.07, 6.45) is 1.80. The average molecular weight is 272 g/mol. The van der Waals surface area contributed by atoms with E-state index in [4.69, 9.17) is 0 Å². The number of nitrogens with zero attached hydrogens (tertiary/aromatic N) is 1. The molecule has 0 aliphatic rings. The van der Waals surface area contributed by atoms with Gasteiger partial charge >= 0.3 is 0 Å². The van der Waals surface area contributed by atoms with Crippen LogP contribution in [0.2, 0.25) is 0 Å². The largest absolute Gasteiger partial charge is 0.295 e. The number of nitrogens with one attached hydrogen (secondary N) is 1. The van der Waals surface area contributed by atoms with Crippen molar-refractivity contribution < 1.29 is 0 Å². The molecule has 3 nitrogen and oxygen atoms in total. The Labute approximate surface area is 120 Å². The molecule has 2 aromatic rings. The van der Waals surface area contributed by atoms with Crippen LogP contribution in [-0.2, 0) is 13.0 Å². The van der Waals surface area contributed by atoms with Crippen molar-refractivity contribution in [2.24, 2.45) is 5.92 Å². The predicted molar refractivity (Wildman–Crippen MR) is 84.1 cm³/mol. The molecular weight excluding hydrogens is 248 g/mol. The van der Waals surface area contributed by atoms with Crippen LogP contribution >= 0.6 is 0 Å². The first-order valence-corrected chi connectivity index (χ1v) is 7.41. The van der Waals surface area contributed by atoms with Crippen LogP contribution in [0.4, 0.5) is 0 Å². The predicted octanol–water partition coefficient (Wildman–Crippen LogP) is 3.76. The lowest BCUT2D eigenvalue weighted by molar-refractivity contribution is 0.473. The van der Waals surface area contributed by atoms with Gasteiger partial charge in [0.15, 0.2) is 0 Å². The molecule has 0 radical (unpaired) electrons. The number of aromatic amines is 1. The molecule has 0 aliphatic carbocycles. The van der Waals surface area contributed by atoms with Crippen LogP contribution in [0.1, 0.15) is 38.3 Å². The number of rotatable bonds is 5. The number of benzene rings is 1. The topological polar surface area (TPSA) is 37.8 Å². The Hall–Kier alpha value is -1.77. The zero-order valence-corrected chi connectivity index (χ0v) is 12.9. The summed E-state index contributed by atoms with van der Waals surface area (Å²) in [4.78, 5) is 12.5. The van der Waals surface area contributed by atoms with Gasteiger partial charge in [0.05, 0.1) is 5.69 Å². The summed E-state index contributed by atoms with van der Waals surface area (Å²) in [5, 5.41) is 3.31. The summed E-state index contributed by atoms with van der Waals surface area (Å²) >= 11 is 0. The van der Waals surface area contributed by atoms with E-state index < -0.39 is 0 Å². The SMILES string of the molecule is CCCc1c(-c2cccc(C)c2)[nH]n(CC(C)C)c1=O. The maximum absolute atomic E-state index is 12.5. The van der Waals surface area contributed by atoms with Crippen molar-refractivity contribution in [2.75, 3.05) is 0 Å². The van der Waals surface area contributed by atoms with Crippen molar-refractivity contribution in [1.29, 1.82) is 0 Å². The zero-order chi connectivity index (χ0) is 14.7. The summed E-state index contributed by atoms with van der Waals surface area (Å²) < 4.78 is 1.76. The third kappa shape index (κ3) is 3.03. The number of hydrogen-bond acceptors (Lipinski definition) is 1. The average Bonchev–Trinajstić information content (AvgIpc) is 2.68. The molecule has 0 amide bonds. The molecule has 3 heteroatoms. The van der Waals surface area contributed by atoms with E-state index in [0.29, 0.717) is 5.92 Å². The highest BCUT2D eigenvalue weighted by Crippen LogP contribution is 2.22. The van der Waals surface area contributed by atoms with Crippen LogP contribution in [0, 0.1) is 12.8 Å². The molecule has 2 rings (SSSR count). The van der Waals surface area contributed by atoms with Gasteiger partial charge in [-0.2, -0.15) is 0 Å². The van der Waals surface area contributed by atoms with Crippen LogP contribution in [0.25, 0.3) is 11.3 Å². The third-order valence-electron chi connectivity index (χ3n) is 3.41. The van der Waals surface area contributed by atoms with E-state index in [2.05, 4.69) is 51.0 Å². The lowest BCUT2D eigenvalue weighted by Crippen LogP contribution is -2.21. The lowest BCUT2D eigenvalue weighted by atomic mass is 10.0. The van der Waals surface area contributed by atoms with Crippen LogP contribution in [0.5, 0.6) is 0 Å². The van der Waals surface area contributed by atoms with Gasteiger partial charge in [0, 0.05) is 17.7 Å². The van der Waals surface area contributed by atoms with Crippen molar-refractivity contribution in [2.45, 2.75) is 47.1 Å². The van der Waals surface area contributed by atoms with E-state index in [0.717, 1.165) is 36.2 Å². The first-order chi connectivity index (χ1) is 9.52. The Morgan fingerprint density at radius 2 is 2.05 bits per heavy atom. The molecule has 0 bridgehead atoms. The van der Waals surface area contributed by atoms with Gasteiger partial charge in [-0.3, -0.25) is 14.6 Å². The van der Waals surface area contributed by atoms with E-state index in [1.807, 2.05) is 6.07 Å². The third-order valence-corrected chi connectivity index (χ3v) is 3.41. The van der Waals surface area contributed by atoms with Crippen molar-refractivity contribution in [1.82, 2.24) is 9.78 Å². The number of hydrogen-bond donors (Lipinski definition) is 1. The Kier molecular flexibility index (Phi) is 4.48. The van der Waals surface area contributed by atoms with E-state index in [1.165, 1.54) is 5.56 Å². The molecule has 20 heavy (non-hydrogen) atoms. The van der Waals surface area contributed by atoms with E-state index in [-0.39, 0.29) is 5.56 Å². The van der Waals surface area contributed by atoms with Crippen molar-refractivity contribution in [3.8, 4) is 11.3 Å². The Morgan fingerprint density at radius 1 is 1.30 bits per heavy atom. The molecule has 1 aromatic heterocycles. The Balaban J connectivity index is 2.53. The second-order valence-electron chi connectivity index (χ2n) is 5.89. The Bertz CT molecular complexity index is 635. The first kappa shape index (κ1) is 14.6. The molecule has 0 spiro atoms. The summed E-state index contributed by atoms with van der Waals surface area (Å²) in [5.41, 5.74) is 4.35. The van der Waals surface area contributed by atoms with E-state index in [1.54, 1.807) is 4.68 Å². The summed E-state index contributed by atoms with van der Waals surface area (Å²) in [6, 6.07) is 8.31. The molecular formula is C17H24N2O. The quantitative estimate of drug-likeness (QED) is 0.884. The van der Waals surface area contributed by atoms with Gasteiger partial charge in [-0.1, -0.05) is 51.0 Å². The smallest absolute Gasteiger partial charge is 0.270 e. The van der Waals surface area contributed by atoms with Gasteiger partial charge in [0.2, 0.25) is 0 Å². The summed E-state index contributed by atoms with van der Waals surface area (Å²) in [5.74, 6) is 0.450. The maximum atomic E-state index is 12.5. The lowest BCUT2D eigenvalue weighted by Gasteiger charge is -2.05. The summed E-state index contributed by atoms with van der Waals surface area (Å²) in [7, 11) is 0. The first-order valence-electron chi connectivity index (χ1n) is 7.41. The number of aromatic nitrogens is 2. The highest BCUT2D eigenvalue weighted by atomic mass is 16.1. The molecule has 0 unspecified atom stereocenters. The molecule has 0 saturated heterocycles. The normalized spacial score (nSPS) is 11.2. The summed E-state index contributed by atoms with van der Waals surface area (Å²) in [6.45, 7) is 9.17.